The van der Waals surface area contributed by atoms with Gasteiger partial charge in [-0.05, 0) is 74.1 Å². The van der Waals surface area contributed by atoms with Crippen molar-refractivity contribution in [3.8, 4) is 5.75 Å². The number of allylic oxidation sites excluding steroid dienone is 1. The third-order valence-electron chi connectivity index (χ3n) is 7.43. The lowest BCUT2D eigenvalue weighted by Gasteiger charge is -2.50. The molecule has 4 heteroatoms. The van der Waals surface area contributed by atoms with Gasteiger partial charge in [-0.25, -0.2) is 0 Å². The zero-order valence-electron chi connectivity index (χ0n) is 17.2. The van der Waals surface area contributed by atoms with Crippen molar-refractivity contribution < 1.29 is 14.3 Å². The van der Waals surface area contributed by atoms with E-state index in [0.29, 0.717) is 18.4 Å². The highest BCUT2D eigenvalue weighted by Gasteiger charge is 2.54. The predicted octanol–water partition coefficient (Wildman–Crippen LogP) is 4.14. The van der Waals surface area contributed by atoms with E-state index in [1.165, 1.54) is 24.0 Å². The number of carbonyl (C=O) groups is 1. The monoisotopic (exact) mass is 383 g/mol. The van der Waals surface area contributed by atoms with Crippen LogP contribution in [0.3, 0.4) is 0 Å². The van der Waals surface area contributed by atoms with Crippen molar-refractivity contribution in [2.24, 2.45) is 23.2 Å². The van der Waals surface area contributed by atoms with Gasteiger partial charge in [0.05, 0.1) is 13.0 Å². The Morgan fingerprint density at radius 1 is 1.32 bits per heavy atom. The van der Waals surface area contributed by atoms with Crippen LogP contribution >= 0.6 is 0 Å². The number of benzene rings is 1. The van der Waals surface area contributed by atoms with Crippen LogP contribution in [0, 0.1) is 23.2 Å². The molecule has 4 rings (SSSR count). The standard InChI is InChI=1S/C24H33NO3/c1-16-5-4-11-24(2)14-22-19(13-21(16)24)20(23(26)28-22)15-25-12-10-17-6-8-18(27-3)9-7-17/h6-9,19-22,25H,1,4-5,10-15H2,2-3H3/t19-,20-,21+,22+,24+/m0/s1. The van der Waals surface area contributed by atoms with Crippen molar-refractivity contribution in [3.63, 3.8) is 0 Å². The summed E-state index contributed by atoms with van der Waals surface area (Å²) in [5.41, 5.74) is 2.94. The number of rotatable bonds is 6. The number of ether oxygens (including phenoxy) is 2. The van der Waals surface area contributed by atoms with Crippen molar-refractivity contribution in [3.05, 3.63) is 42.0 Å². The highest BCUT2D eigenvalue weighted by atomic mass is 16.6. The van der Waals surface area contributed by atoms with Crippen LogP contribution in [-0.4, -0.2) is 32.3 Å². The molecule has 0 amide bonds. The molecule has 2 aliphatic carbocycles. The molecular weight excluding hydrogens is 350 g/mol. The molecule has 1 aliphatic heterocycles. The zero-order valence-corrected chi connectivity index (χ0v) is 17.2. The molecule has 152 valence electrons. The van der Waals surface area contributed by atoms with Gasteiger partial charge in [-0.15, -0.1) is 0 Å². The van der Waals surface area contributed by atoms with Gasteiger partial charge in [0.2, 0.25) is 0 Å². The minimum Gasteiger partial charge on any atom is -0.497 e. The fourth-order valence-electron chi connectivity index (χ4n) is 5.77. The molecule has 0 spiro atoms. The minimum atomic E-state index is -0.0138. The molecule has 1 heterocycles. The number of fused-ring (bicyclic) bond motifs is 2. The first-order valence-corrected chi connectivity index (χ1v) is 10.7. The van der Waals surface area contributed by atoms with Gasteiger partial charge in [-0.1, -0.05) is 31.2 Å². The summed E-state index contributed by atoms with van der Waals surface area (Å²) in [6.45, 7) is 8.33. The molecule has 1 saturated heterocycles. The number of nitrogens with one attached hydrogen (secondary N) is 1. The Balaban J connectivity index is 1.32. The van der Waals surface area contributed by atoms with Gasteiger partial charge < -0.3 is 14.8 Å². The normalized spacial score (nSPS) is 34.5. The molecule has 1 N–H and O–H groups in total. The molecule has 0 unspecified atom stereocenters. The zero-order chi connectivity index (χ0) is 19.7. The highest BCUT2D eigenvalue weighted by molar-refractivity contribution is 5.75. The van der Waals surface area contributed by atoms with Crippen LogP contribution in [0.5, 0.6) is 5.75 Å². The maximum atomic E-state index is 12.6. The largest absolute Gasteiger partial charge is 0.497 e. The lowest BCUT2D eigenvalue weighted by Crippen LogP contribution is -2.45. The molecule has 2 saturated carbocycles. The van der Waals surface area contributed by atoms with Crippen LogP contribution in [0.2, 0.25) is 0 Å². The molecule has 1 aromatic carbocycles. The van der Waals surface area contributed by atoms with E-state index in [-0.39, 0.29) is 23.4 Å². The maximum Gasteiger partial charge on any atom is 0.310 e. The summed E-state index contributed by atoms with van der Waals surface area (Å²) in [5, 5.41) is 3.51. The average Bonchev–Trinajstić information content (AvgIpc) is 2.98. The summed E-state index contributed by atoms with van der Waals surface area (Å²) in [6, 6.07) is 8.17. The molecule has 28 heavy (non-hydrogen) atoms. The summed E-state index contributed by atoms with van der Waals surface area (Å²) in [4.78, 5) is 12.6. The predicted molar refractivity (Wildman–Crippen MR) is 110 cm³/mol. The van der Waals surface area contributed by atoms with Gasteiger partial charge in [-0.3, -0.25) is 4.79 Å². The van der Waals surface area contributed by atoms with Gasteiger partial charge in [0.25, 0.3) is 0 Å². The van der Waals surface area contributed by atoms with E-state index in [1.54, 1.807) is 7.11 Å². The third-order valence-corrected chi connectivity index (χ3v) is 7.43. The Morgan fingerprint density at radius 3 is 2.86 bits per heavy atom. The second-order valence-corrected chi connectivity index (χ2v) is 9.21. The number of hydrogen-bond donors (Lipinski definition) is 1. The lowest BCUT2D eigenvalue weighted by atomic mass is 9.55. The van der Waals surface area contributed by atoms with Crippen LogP contribution < -0.4 is 10.1 Å². The Kier molecular flexibility index (Phi) is 5.50. The fraction of sp³-hybridized carbons (Fsp3) is 0.625. The average molecular weight is 384 g/mol. The first-order chi connectivity index (χ1) is 13.5. The van der Waals surface area contributed by atoms with Crippen molar-refractivity contribution in [2.45, 2.75) is 51.6 Å². The van der Waals surface area contributed by atoms with Crippen LogP contribution in [0.25, 0.3) is 0 Å². The lowest BCUT2D eigenvalue weighted by molar-refractivity contribution is -0.146. The molecule has 0 aromatic heterocycles. The third kappa shape index (κ3) is 3.71. The SMILES string of the molecule is C=C1CCC[C@]2(C)C[C@H]3OC(=O)[C@@H](CNCCc4ccc(OC)cc4)[C@@H]3C[C@H]12. The van der Waals surface area contributed by atoms with E-state index in [9.17, 15) is 4.79 Å². The topological polar surface area (TPSA) is 47.6 Å². The number of esters is 1. The van der Waals surface area contributed by atoms with E-state index in [0.717, 1.165) is 38.0 Å². The number of hydrogen-bond acceptors (Lipinski definition) is 4. The molecule has 0 radical (unpaired) electrons. The van der Waals surface area contributed by atoms with Crippen LogP contribution in [0.1, 0.15) is 44.6 Å². The molecule has 0 bridgehead atoms. The van der Waals surface area contributed by atoms with Gasteiger partial charge in [-0.2, -0.15) is 0 Å². The summed E-state index contributed by atoms with van der Waals surface area (Å²) in [5.74, 6) is 1.76. The van der Waals surface area contributed by atoms with Crippen molar-refractivity contribution in [1.82, 2.24) is 5.32 Å². The minimum absolute atomic E-state index is 0.000179. The van der Waals surface area contributed by atoms with Crippen molar-refractivity contribution in [2.75, 3.05) is 20.2 Å². The summed E-state index contributed by atoms with van der Waals surface area (Å²) >= 11 is 0. The Bertz CT molecular complexity index is 728. The van der Waals surface area contributed by atoms with Crippen LogP contribution in [0.4, 0.5) is 0 Å². The molecule has 4 nitrogen and oxygen atoms in total. The highest BCUT2D eigenvalue weighted by Crippen LogP contribution is 2.56. The molecule has 5 atom stereocenters. The first-order valence-electron chi connectivity index (χ1n) is 10.7. The summed E-state index contributed by atoms with van der Waals surface area (Å²) < 4.78 is 11.0. The Hall–Kier alpha value is -1.81. The summed E-state index contributed by atoms with van der Waals surface area (Å²) in [6.07, 6.45) is 6.74. The molecular formula is C24H33NO3. The number of carbonyl (C=O) groups excluding carboxylic acids is 1. The second kappa shape index (κ2) is 7.90. The quantitative estimate of drug-likeness (QED) is 0.456. The Labute approximate surface area is 168 Å². The van der Waals surface area contributed by atoms with Gasteiger partial charge in [0.1, 0.15) is 11.9 Å². The van der Waals surface area contributed by atoms with E-state index in [4.69, 9.17) is 9.47 Å². The van der Waals surface area contributed by atoms with Gasteiger partial charge in [0, 0.05) is 12.5 Å². The Morgan fingerprint density at radius 2 is 2.11 bits per heavy atom. The molecule has 3 aliphatic rings. The van der Waals surface area contributed by atoms with Gasteiger partial charge in [0.15, 0.2) is 0 Å². The maximum absolute atomic E-state index is 12.6. The van der Waals surface area contributed by atoms with E-state index in [2.05, 4.69) is 31.0 Å². The fourth-order valence-corrected chi connectivity index (χ4v) is 5.77. The van der Waals surface area contributed by atoms with Crippen LogP contribution in [0.15, 0.2) is 36.4 Å². The first kappa shape index (κ1) is 19.5. The van der Waals surface area contributed by atoms with E-state index >= 15 is 0 Å². The molecule has 3 fully saturated rings. The van der Waals surface area contributed by atoms with Gasteiger partial charge >= 0.3 is 5.97 Å². The van der Waals surface area contributed by atoms with E-state index < -0.39 is 0 Å². The second-order valence-electron chi connectivity index (χ2n) is 9.21. The number of methoxy groups -OCH3 is 1. The molecule has 1 aromatic rings. The van der Waals surface area contributed by atoms with E-state index in [1.807, 2.05) is 12.1 Å². The van der Waals surface area contributed by atoms with Crippen molar-refractivity contribution in [1.29, 1.82) is 0 Å². The smallest absolute Gasteiger partial charge is 0.310 e. The van der Waals surface area contributed by atoms with Crippen molar-refractivity contribution >= 4 is 5.97 Å². The van der Waals surface area contributed by atoms with Crippen LogP contribution in [-0.2, 0) is 16.0 Å². The summed E-state index contributed by atoms with van der Waals surface area (Å²) in [7, 11) is 1.68.